The number of hydrogen-bond acceptors (Lipinski definition) is 11. The SMILES string of the molecule is COc1cc2c3cc(c(OC)cc3n1)/C=C/CCCOC(=O)C[C@H]1CCCCC/C=C\[C@@H]3C[C@@]3(C(=O)NS(=O)(=O)C3CC3)CC(=O)[C@@H]3C[C@H](CN3C1=O)O2. The Balaban J connectivity index is 1.26. The van der Waals surface area contributed by atoms with E-state index in [1.807, 2.05) is 30.4 Å². The number of benzene rings is 1. The summed E-state index contributed by atoms with van der Waals surface area (Å²) in [7, 11) is -0.761. The molecule has 3 fully saturated rings. The second-order valence-corrected chi connectivity index (χ2v) is 17.2. The van der Waals surface area contributed by atoms with Crippen molar-refractivity contribution in [2.24, 2.45) is 17.3 Å². The molecular weight excluding hydrogens is 715 g/mol. The number of allylic oxidation sites excluding steroid dienone is 3. The summed E-state index contributed by atoms with van der Waals surface area (Å²) in [4.78, 5) is 62.2. The number of fused-ring (bicyclic) bond motifs is 4. The molecule has 1 aromatic heterocycles. The first kappa shape index (κ1) is 37.8. The van der Waals surface area contributed by atoms with E-state index in [9.17, 15) is 27.6 Å². The average molecular weight is 764 g/mol. The van der Waals surface area contributed by atoms with E-state index in [2.05, 4.69) is 9.71 Å². The van der Waals surface area contributed by atoms with Gasteiger partial charge in [0.05, 0.1) is 56.0 Å². The van der Waals surface area contributed by atoms with Crippen LogP contribution in [0.4, 0.5) is 0 Å². The highest BCUT2D eigenvalue weighted by Gasteiger charge is 2.61. The zero-order valence-electron chi connectivity index (χ0n) is 30.9. The molecule has 2 aliphatic carbocycles. The summed E-state index contributed by atoms with van der Waals surface area (Å²) in [5.41, 5.74) is 0.116. The first-order valence-corrected chi connectivity index (χ1v) is 20.7. The molecule has 5 atom stereocenters. The molecule has 2 saturated carbocycles. The molecular formula is C40H49N3O10S. The highest BCUT2D eigenvalue weighted by atomic mass is 32.2. The Hall–Kier alpha value is -4.46. The van der Waals surface area contributed by atoms with Crippen LogP contribution in [-0.4, -0.2) is 86.6 Å². The van der Waals surface area contributed by atoms with Crippen LogP contribution in [0.1, 0.15) is 89.0 Å². The van der Waals surface area contributed by atoms with Crippen molar-refractivity contribution in [1.82, 2.24) is 14.6 Å². The van der Waals surface area contributed by atoms with Crippen LogP contribution in [0.5, 0.6) is 17.4 Å². The summed E-state index contributed by atoms with van der Waals surface area (Å²) in [6, 6.07) is 4.43. The molecule has 54 heavy (non-hydrogen) atoms. The normalized spacial score (nSPS) is 29.4. The number of sulfonamides is 1. The van der Waals surface area contributed by atoms with Crippen LogP contribution in [0.25, 0.3) is 17.0 Å². The summed E-state index contributed by atoms with van der Waals surface area (Å²) in [6.45, 7) is 0.260. The minimum Gasteiger partial charge on any atom is -0.496 e. The average Bonchev–Trinajstić information content (AvgIpc) is 4.08. The van der Waals surface area contributed by atoms with Gasteiger partial charge in [0, 0.05) is 41.8 Å². The van der Waals surface area contributed by atoms with Crippen molar-refractivity contribution >= 4 is 50.6 Å². The van der Waals surface area contributed by atoms with Crippen molar-refractivity contribution in [2.45, 2.75) is 101 Å². The second-order valence-electron chi connectivity index (χ2n) is 15.3. The van der Waals surface area contributed by atoms with Crippen molar-refractivity contribution in [1.29, 1.82) is 0 Å². The van der Waals surface area contributed by atoms with Crippen LogP contribution >= 0.6 is 0 Å². The van der Waals surface area contributed by atoms with Crippen molar-refractivity contribution < 1.29 is 46.5 Å². The summed E-state index contributed by atoms with van der Waals surface area (Å²) in [6.07, 6.45) is 13.1. The number of esters is 1. The Labute approximate surface area is 315 Å². The standard InChI is InChI=1S/C40H49N3O10S/c1-50-34-20-31-30-17-25(34)11-8-6-10-16-52-37(45)18-26-12-7-4-3-5-9-13-27-22-40(27,39(47)42-54(48,49)29-14-15-29)23-33(44)32-19-28(24-43(32)38(26)46)53-35(30)21-36(41-31)51-2/h8-9,11,13,17,20-21,26-29,32H,3-7,10,12,14-16,18-19,22-24H2,1-2H3,(H,42,47)/b11-8+,13-9-/t26-,27-,28-,32+,40-/m1/s1. The number of methoxy groups -OCH3 is 2. The molecule has 5 bridgehead atoms. The lowest BCUT2D eigenvalue weighted by Crippen LogP contribution is -2.46. The number of nitrogens with one attached hydrogen (secondary N) is 1. The van der Waals surface area contributed by atoms with E-state index >= 15 is 0 Å². The summed E-state index contributed by atoms with van der Waals surface area (Å²) >= 11 is 0. The van der Waals surface area contributed by atoms with Gasteiger partial charge in [0.2, 0.25) is 27.7 Å². The molecule has 1 aromatic carbocycles. The van der Waals surface area contributed by atoms with E-state index in [-0.39, 0.29) is 50.0 Å². The lowest BCUT2D eigenvalue weighted by Gasteiger charge is -2.29. The van der Waals surface area contributed by atoms with Gasteiger partial charge in [-0.2, -0.15) is 0 Å². The predicted octanol–water partition coefficient (Wildman–Crippen LogP) is 5.05. The van der Waals surface area contributed by atoms with Gasteiger partial charge in [-0.15, -0.1) is 0 Å². The Morgan fingerprint density at radius 3 is 2.59 bits per heavy atom. The molecule has 5 aliphatic rings. The van der Waals surface area contributed by atoms with E-state index in [4.69, 9.17) is 18.9 Å². The predicted molar refractivity (Wildman–Crippen MR) is 199 cm³/mol. The van der Waals surface area contributed by atoms with Crippen LogP contribution in [0.3, 0.4) is 0 Å². The van der Waals surface area contributed by atoms with Crippen LogP contribution in [0.2, 0.25) is 0 Å². The van der Waals surface area contributed by atoms with Crippen molar-refractivity contribution in [3.8, 4) is 17.4 Å². The van der Waals surface area contributed by atoms with Crippen molar-refractivity contribution in [2.75, 3.05) is 27.4 Å². The van der Waals surface area contributed by atoms with Gasteiger partial charge in [-0.05, 0) is 63.4 Å². The summed E-state index contributed by atoms with van der Waals surface area (Å²) < 4.78 is 51.5. The Morgan fingerprint density at radius 1 is 1.00 bits per heavy atom. The second kappa shape index (κ2) is 15.7. The Kier molecular flexibility index (Phi) is 11.0. The molecule has 4 heterocycles. The van der Waals surface area contributed by atoms with Gasteiger partial charge < -0.3 is 23.8 Å². The maximum absolute atomic E-state index is 14.6. The highest BCUT2D eigenvalue weighted by Crippen LogP contribution is 2.57. The minimum absolute atomic E-state index is 0.0639. The first-order chi connectivity index (χ1) is 26.0. The molecule has 14 heteroatoms. The monoisotopic (exact) mass is 763 g/mol. The van der Waals surface area contributed by atoms with E-state index in [0.29, 0.717) is 73.2 Å². The molecule has 3 aliphatic heterocycles. The zero-order valence-corrected chi connectivity index (χ0v) is 31.7. The number of amides is 2. The van der Waals surface area contributed by atoms with Crippen LogP contribution in [0.15, 0.2) is 36.4 Å². The van der Waals surface area contributed by atoms with Gasteiger partial charge in [-0.25, -0.2) is 13.4 Å². The minimum atomic E-state index is -3.85. The number of ether oxygens (including phenoxy) is 4. The first-order valence-electron chi connectivity index (χ1n) is 19.1. The lowest BCUT2D eigenvalue weighted by molar-refractivity contribution is -0.150. The number of aromatic nitrogens is 1. The van der Waals surface area contributed by atoms with Crippen LogP contribution in [-0.2, 0) is 33.9 Å². The zero-order chi connectivity index (χ0) is 38.0. The van der Waals surface area contributed by atoms with E-state index < -0.39 is 50.6 Å². The largest absolute Gasteiger partial charge is 0.496 e. The van der Waals surface area contributed by atoms with Gasteiger partial charge in [-0.3, -0.25) is 23.9 Å². The fraction of sp³-hybridized carbons (Fsp3) is 0.575. The topological polar surface area (TPSA) is 167 Å². The third-order valence-corrected chi connectivity index (χ3v) is 13.2. The van der Waals surface area contributed by atoms with Gasteiger partial charge in [0.25, 0.3) is 0 Å². The number of pyridine rings is 1. The van der Waals surface area contributed by atoms with E-state index in [0.717, 1.165) is 24.8 Å². The quantitative estimate of drug-likeness (QED) is 0.320. The molecule has 2 aromatic rings. The number of carbonyl (C=O) groups excluding carboxylic acids is 4. The van der Waals surface area contributed by atoms with E-state index in [1.165, 1.54) is 12.0 Å². The maximum atomic E-state index is 14.6. The fourth-order valence-electron chi connectivity index (χ4n) is 8.08. The number of nitrogens with zero attached hydrogens (tertiary/aromatic N) is 2. The van der Waals surface area contributed by atoms with Gasteiger partial charge in [-0.1, -0.05) is 37.1 Å². The highest BCUT2D eigenvalue weighted by molar-refractivity contribution is 7.90. The number of Topliss-reactive ketones (excluding diaryl/α,β-unsaturated/α-hetero) is 1. The number of hydrogen-bond donors (Lipinski definition) is 1. The van der Waals surface area contributed by atoms with E-state index in [1.54, 1.807) is 19.2 Å². The number of cyclic esters (lactones) is 1. The number of carbonyl (C=O) groups is 4. The third kappa shape index (κ3) is 8.13. The molecule has 2 amide bonds. The van der Waals surface area contributed by atoms with Crippen molar-refractivity contribution in [3.63, 3.8) is 0 Å². The molecule has 7 rings (SSSR count). The number of rotatable bonds is 5. The Morgan fingerprint density at radius 2 is 1.81 bits per heavy atom. The molecule has 290 valence electrons. The fourth-order valence-corrected chi connectivity index (χ4v) is 9.47. The van der Waals surface area contributed by atoms with Gasteiger partial charge >= 0.3 is 5.97 Å². The van der Waals surface area contributed by atoms with Crippen molar-refractivity contribution in [3.05, 3.63) is 42.0 Å². The van der Waals surface area contributed by atoms with Gasteiger partial charge in [0.15, 0.2) is 5.78 Å². The van der Waals surface area contributed by atoms with Gasteiger partial charge in [0.1, 0.15) is 17.6 Å². The smallest absolute Gasteiger partial charge is 0.306 e. The lowest BCUT2D eigenvalue weighted by atomic mass is 9.90. The third-order valence-electron chi connectivity index (χ3n) is 11.4. The maximum Gasteiger partial charge on any atom is 0.306 e. The van der Waals surface area contributed by atoms with Crippen LogP contribution < -0.4 is 18.9 Å². The molecule has 0 spiro atoms. The summed E-state index contributed by atoms with van der Waals surface area (Å²) in [5.74, 6) is -1.47. The molecule has 1 saturated heterocycles. The van der Waals surface area contributed by atoms with Crippen LogP contribution in [0, 0.1) is 17.3 Å². The molecule has 0 radical (unpaired) electrons. The number of ketones is 1. The molecule has 1 N–H and O–H groups in total. The molecule has 0 unspecified atom stereocenters. The summed E-state index contributed by atoms with van der Waals surface area (Å²) in [5, 5.41) is 0.0916. The Bertz CT molecular complexity index is 1970. The molecule has 13 nitrogen and oxygen atoms in total.